The van der Waals surface area contributed by atoms with Gasteiger partial charge in [-0.2, -0.15) is 0 Å². The van der Waals surface area contributed by atoms with Crippen molar-refractivity contribution in [3.05, 3.63) is 0 Å². The number of thioether (sulfide) groups is 1. The van der Waals surface area contributed by atoms with Gasteiger partial charge in [-0.1, -0.05) is 5.92 Å². The Bertz CT molecular complexity index is 374. The molecule has 0 aromatic heterocycles. The van der Waals surface area contributed by atoms with Gasteiger partial charge in [-0.25, -0.2) is 0 Å². The number of carbonyl (C=O) groups is 3. The Kier molecular flexibility index (Phi) is 5.04. The molecule has 0 saturated carbocycles. The summed E-state index contributed by atoms with van der Waals surface area (Å²) in [7, 11) is 1.31. The normalized spacial score (nSPS) is 19.3. The molecule has 0 N–H and O–H groups in total. The molecule has 1 unspecified atom stereocenters. The zero-order valence-corrected chi connectivity index (χ0v) is 10.3. The van der Waals surface area contributed by atoms with Crippen LogP contribution in [0.1, 0.15) is 12.8 Å². The van der Waals surface area contributed by atoms with E-state index < -0.39 is 5.25 Å². The minimum atomic E-state index is -0.416. The Morgan fingerprint density at radius 2 is 2.35 bits per heavy atom. The van der Waals surface area contributed by atoms with Crippen molar-refractivity contribution in [2.24, 2.45) is 0 Å². The summed E-state index contributed by atoms with van der Waals surface area (Å²) in [6.45, 7) is 0.0196. The molecule has 92 valence electrons. The standard InChI is InChI=1S/C11H13NO4S/c1-3-5-12-9(13)7-8(11(12)15)17-6-4-10(14)16-2/h1,8H,4-7H2,2H3. The zero-order chi connectivity index (χ0) is 12.8. The third kappa shape index (κ3) is 3.49. The van der Waals surface area contributed by atoms with Gasteiger partial charge in [-0.3, -0.25) is 19.3 Å². The smallest absolute Gasteiger partial charge is 0.306 e. The number of esters is 1. The third-order valence-electron chi connectivity index (χ3n) is 2.30. The van der Waals surface area contributed by atoms with E-state index in [-0.39, 0.29) is 37.2 Å². The van der Waals surface area contributed by atoms with Gasteiger partial charge in [0.2, 0.25) is 11.8 Å². The molecule has 0 aromatic rings. The van der Waals surface area contributed by atoms with E-state index in [2.05, 4.69) is 10.7 Å². The maximum absolute atomic E-state index is 11.7. The maximum Gasteiger partial charge on any atom is 0.306 e. The van der Waals surface area contributed by atoms with Crippen LogP contribution in [0.25, 0.3) is 0 Å². The first-order valence-corrected chi connectivity index (χ1v) is 6.11. The van der Waals surface area contributed by atoms with E-state index in [4.69, 9.17) is 6.42 Å². The van der Waals surface area contributed by atoms with Crippen molar-refractivity contribution >= 4 is 29.5 Å². The Balaban J connectivity index is 2.42. The van der Waals surface area contributed by atoms with Crippen molar-refractivity contribution in [3.63, 3.8) is 0 Å². The molecule has 17 heavy (non-hydrogen) atoms. The molecule has 5 nitrogen and oxygen atoms in total. The largest absolute Gasteiger partial charge is 0.469 e. The Morgan fingerprint density at radius 1 is 1.65 bits per heavy atom. The summed E-state index contributed by atoms with van der Waals surface area (Å²) in [6, 6.07) is 0. The van der Waals surface area contributed by atoms with Crippen LogP contribution in [-0.2, 0) is 19.1 Å². The molecular formula is C11H13NO4S. The van der Waals surface area contributed by atoms with Crippen LogP contribution in [0.3, 0.4) is 0 Å². The van der Waals surface area contributed by atoms with Crippen molar-refractivity contribution in [1.29, 1.82) is 0 Å². The molecule has 1 saturated heterocycles. The molecule has 1 heterocycles. The number of hydrogen-bond acceptors (Lipinski definition) is 5. The van der Waals surface area contributed by atoms with Gasteiger partial charge in [0.1, 0.15) is 0 Å². The number of nitrogens with zero attached hydrogens (tertiary/aromatic N) is 1. The number of hydrogen-bond donors (Lipinski definition) is 0. The van der Waals surface area contributed by atoms with E-state index in [9.17, 15) is 14.4 Å². The van der Waals surface area contributed by atoms with E-state index in [0.29, 0.717) is 5.75 Å². The zero-order valence-electron chi connectivity index (χ0n) is 9.47. The molecule has 0 aliphatic carbocycles. The molecule has 1 atom stereocenters. The van der Waals surface area contributed by atoms with Crippen molar-refractivity contribution < 1.29 is 19.1 Å². The minimum absolute atomic E-state index is 0.0196. The summed E-state index contributed by atoms with van der Waals surface area (Å²) in [4.78, 5) is 35.1. The summed E-state index contributed by atoms with van der Waals surface area (Å²) in [5, 5.41) is -0.416. The lowest BCUT2D eigenvalue weighted by molar-refractivity contribution is -0.140. The number of imide groups is 1. The molecule has 0 spiro atoms. The lowest BCUT2D eigenvalue weighted by Gasteiger charge is -2.10. The first-order chi connectivity index (χ1) is 8.10. The maximum atomic E-state index is 11.7. The molecule has 0 radical (unpaired) electrons. The third-order valence-corrected chi connectivity index (χ3v) is 3.52. The second-order valence-corrected chi connectivity index (χ2v) is 4.72. The predicted octanol–water partition coefficient (Wildman–Crippen LogP) is 0.0434. The molecule has 1 aliphatic heterocycles. The topological polar surface area (TPSA) is 63.7 Å². The van der Waals surface area contributed by atoms with E-state index >= 15 is 0 Å². The van der Waals surface area contributed by atoms with Gasteiger partial charge in [-0.05, 0) is 0 Å². The van der Waals surface area contributed by atoms with E-state index in [1.165, 1.54) is 18.9 Å². The highest BCUT2D eigenvalue weighted by Gasteiger charge is 2.38. The van der Waals surface area contributed by atoms with Crippen LogP contribution < -0.4 is 0 Å². The predicted molar refractivity (Wildman–Crippen MR) is 63.0 cm³/mol. The van der Waals surface area contributed by atoms with E-state index in [0.717, 1.165) is 4.90 Å². The van der Waals surface area contributed by atoms with Crippen LogP contribution >= 0.6 is 11.8 Å². The van der Waals surface area contributed by atoms with Gasteiger partial charge in [0.05, 0.1) is 25.3 Å². The van der Waals surface area contributed by atoms with Gasteiger partial charge in [0, 0.05) is 12.2 Å². The van der Waals surface area contributed by atoms with Gasteiger partial charge in [0.15, 0.2) is 0 Å². The van der Waals surface area contributed by atoms with Crippen LogP contribution in [-0.4, -0.2) is 47.3 Å². The first-order valence-electron chi connectivity index (χ1n) is 5.06. The molecule has 1 fully saturated rings. The van der Waals surface area contributed by atoms with Crippen molar-refractivity contribution in [2.45, 2.75) is 18.1 Å². The summed E-state index contributed by atoms with van der Waals surface area (Å²) < 4.78 is 4.48. The number of likely N-dealkylation sites (tertiary alicyclic amines) is 1. The molecule has 2 amide bonds. The molecular weight excluding hydrogens is 242 g/mol. The number of amides is 2. The monoisotopic (exact) mass is 255 g/mol. The fraction of sp³-hybridized carbons (Fsp3) is 0.545. The average Bonchev–Trinajstić information content (AvgIpc) is 2.57. The fourth-order valence-corrected chi connectivity index (χ4v) is 2.53. The van der Waals surface area contributed by atoms with Crippen LogP contribution in [0.5, 0.6) is 0 Å². The minimum Gasteiger partial charge on any atom is -0.469 e. The van der Waals surface area contributed by atoms with Crippen LogP contribution in [0.2, 0.25) is 0 Å². The highest BCUT2D eigenvalue weighted by atomic mass is 32.2. The van der Waals surface area contributed by atoms with Gasteiger partial charge in [0.25, 0.3) is 0 Å². The number of terminal acetylenes is 1. The van der Waals surface area contributed by atoms with Crippen LogP contribution in [0, 0.1) is 12.3 Å². The Morgan fingerprint density at radius 3 is 2.94 bits per heavy atom. The second-order valence-electron chi connectivity index (χ2n) is 3.41. The highest BCUT2D eigenvalue weighted by Crippen LogP contribution is 2.25. The van der Waals surface area contributed by atoms with Crippen molar-refractivity contribution in [2.75, 3.05) is 19.4 Å². The van der Waals surface area contributed by atoms with E-state index in [1.807, 2.05) is 0 Å². The Hall–Kier alpha value is -1.48. The number of ether oxygens (including phenoxy) is 1. The summed E-state index contributed by atoms with van der Waals surface area (Å²) in [5.74, 6) is 1.90. The molecule has 6 heteroatoms. The number of rotatable bonds is 5. The van der Waals surface area contributed by atoms with Crippen molar-refractivity contribution in [3.8, 4) is 12.3 Å². The summed E-state index contributed by atoms with van der Waals surface area (Å²) in [6.07, 6.45) is 5.46. The van der Waals surface area contributed by atoms with Gasteiger partial charge < -0.3 is 4.74 Å². The van der Waals surface area contributed by atoms with Crippen molar-refractivity contribution in [1.82, 2.24) is 4.90 Å². The second kappa shape index (κ2) is 6.30. The lowest BCUT2D eigenvalue weighted by atomic mass is 10.4. The summed E-state index contributed by atoms with van der Waals surface area (Å²) >= 11 is 1.29. The number of carbonyl (C=O) groups excluding carboxylic acids is 3. The Labute approximate surface area is 104 Å². The highest BCUT2D eigenvalue weighted by molar-refractivity contribution is 8.00. The summed E-state index contributed by atoms with van der Waals surface area (Å²) in [5.41, 5.74) is 0. The molecule has 0 bridgehead atoms. The lowest BCUT2D eigenvalue weighted by Crippen LogP contribution is -2.31. The molecule has 1 rings (SSSR count). The van der Waals surface area contributed by atoms with E-state index in [1.54, 1.807) is 0 Å². The van der Waals surface area contributed by atoms with Gasteiger partial charge >= 0.3 is 5.97 Å². The molecule has 0 aromatic carbocycles. The quantitative estimate of drug-likeness (QED) is 0.394. The van der Waals surface area contributed by atoms with Crippen LogP contribution in [0.15, 0.2) is 0 Å². The number of methoxy groups -OCH3 is 1. The first kappa shape index (κ1) is 13.6. The van der Waals surface area contributed by atoms with Crippen LogP contribution in [0.4, 0.5) is 0 Å². The average molecular weight is 255 g/mol. The fourth-order valence-electron chi connectivity index (χ4n) is 1.43. The molecule has 1 aliphatic rings. The van der Waals surface area contributed by atoms with Gasteiger partial charge in [-0.15, -0.1) is 18.2 Å². The SMILES string of the molecule is C#CCN1C(=O)CC(SCCC(=O)OC)C1=O.